The summed E-state index contributed by atoms with van der Waals surface area (Å²) in [7, 11) is 0. The Kier molecular flexibility index (Phi) is 4.90. The average molecular weight is 294 g/mol. The Bertz CT molecular complexity index is 644. The molecule has 1 rings (SSSR count). The van der Waals surface area contributed by atoms with Crippen molar-refractivity contribution in [1.29, 1.82) is 0 Å². The van der Waals surface area contributed by atoms with E-state index in [1.165, 1.54) is 0 Å². The number of Topliss-reactive ketones (excluding diaryl/α,β-unsaturated/α-hetero) is 2. The summed E-state index contributed by atoms with van der Waals surface area (Å²) in [6.45, 7) is 1.94. The van der Waals surface area contributed by atoms with Gasteiger partial charge < -0.3 is 14.6 Å². The third-order valence-electron chi connectivity index (χ3n) is 2.17. The summed E-state index contributed by atoms with van der Waals surface area (Å²) in [6.07, 6.45) is 0. The van der Waals surface area contributed by atoms with Crippen molar-refractivity contribution in [1.82, 2.24) is 0 Å². The number of ketones is 2. The predicted octanol–water partition coefficient (Wildman–Crippen LogP) is 0.374. The average Bonchev–Trinajstić information content (AvgIpc) is 2.38. The first kappa shape index (κ1) is 16.0. The number of carbonyl (C=O) groups is 5. The van der Waals surface area contributed by atoms with Crippen LogP contribution in [0.1, 0.15) is 24.2 Å². The molecule has 0 fully saturated rings. The Morgan fingerprint density at radius 1 is 0.905 bits per heavy atom. The zero-order valence-corrected chi connectivity index (χ0v) is 11.0. The lowest BCUT2D eigenvalue weighted by atomic mass is 10.2. The largest absolute Gasteiger partial charge is 0.478 e. The number of esters is 2. The highest BCUT2D eigenvalue weighted by Crippen LogP contribution is 2.25. The molecule has 1 aromatic carbocycles. The number of benzene rings is 1. The van der Waals surface area contributed by atoms with E-state index >= 15 is 0 Å². The number of ether oxygens (including phenoxy) is 2. The van der Waals surface area contributed by atoms with Gasteiger partial charge >= 0.3 is 17.9 Å². The summed E-state index contributed by atoms with van der Waals surface area (Å²) in [5.41, 5.74) is -0.410. The molecule has 1 N–H and O–H groups in total. The van der Waals surface area contributed by atoms with Crippen molar-refractivity contribution in [2.45, 2.75) is 13.8 Å². The van der Waals surface area contributed by atoms with E-state index in [2.05, 4.69) is 9.47 Å². The molecule has 0 amide bonds. The Morgan fingerprint density at radius 3 is 1.90 bits per heavy atom. The highest BCUT2D eigenvalue weighted by atomic mass is 16.6. The first-order valence-corrected chi connectivity index (χ1v) is 5.55. The number of carbonyl (C=O) groups excluding carboxylic acids is 4. The molecule has 0 aliphatic rings. The first-order chi connectivity index (χ1) is 9.72. The van der Waals surface area contributed by atoms with Crippen LogP contribution in [0.2, 0.25) is 0 Å². The third-order valence-corrected chi connectivity index (χ3v) is 2.17. The molecule has 0 spiro atoms. The maximum Gasteiger partial charge on any atom is 0.379 e. The van der Waals surface area contributed by atoms with Crippen LogP contribution in [0.4, 0.5) is 0 Å². The van der Waals surface area contributed by atoms with Gasteiger partial charge in [-0.3, -0.25) is 9.59 Å². The SMILES string of the molecule is CC(=O)C(=O)Oc1ccc(C(=O)O)c(OC(=O)C(C)=O)c1. The molecular weight excluding hydrogens is 284 g/mol. The second-order valence-electron chi connectivity index (χ2n) is 3.85. The summed E-state index contributed by atoms with van der Waals surface area (Å²) in [5, 5.41) is 8.94. The second kappa shape index (κ2) is 6.42. The minimum absolute atomic E-state index is 0.202. The molecule has 21 heavy (non-hydrogen) atoms. The molecule has 0 saturated heterocycles. The number of aromatic carboxylic acids is 1. The van der Waals surface area contributed by atoms with E-state index in [0.717, 1.165) is 32.0 Å². The van der Waals surface area contributed by atoms with Crippen molar-refractivity contribution in [3.63, 3.8) is 0 Å². The monoisotopic (exact) mass is 294 g/mol. The van der Waals surface area contributed by atoms with Crippen molar-refractivity contribution in [2.75, 3.05) is 0 Å². The van der Waals surface area contributed by atoms with Crippen LogP contribution in [0.15, 0.2) is 18.2 Å². The summed E-state index contributed by atoms with van der Waals surface area (Å²) in [4.78, 5) is 54.9. The molecule has 0 heterocycles. The highest BCUT2D eigenvalue weighted by Gasteiger charge is 2.19. The minimum Gasteiger partial charge on any atom is -0.478 e. The fraction of sp³-hybridized carbons (Fsp3) is 0.154. The van der Waals surface area contributed by atoms with Gasteiger partial charge in [0, 0.05) is 19.9 Å². The molecule has 0 aliphatic carbocycles. The Labute approximate surface area is 118 Å². The summed E-state index contributed by atoms with van der Waals surface area (Å²) >= 11 is 0. The quantitative estimate of drug-likeness (QED) is 0.469. The minimum atomic E-state index is -1.41. The fourth-order valence-corrected chi connectivity index (χ4v) is 1.18. The molecule has 0 atom stereocenters. The standard InChI is InChI=1S/C13H10O8/c1-6(14)12(18)20-8-3-4-9(11(16)17)10(5-8)21-13(19)7(2)15/h3-5H,1-2H3,(H,16,17). The van der Waals surface area contributed by atoms with E-state index in [4.69, 9.17) is 5.11 Å². The summed E-state index contributed by atoms with van der Waals surface area (Å²) in [6, 6.07) is 3.04. The predicted molar refractivity (Wildman–Crippen MR) is 66.0 cm³/mol. The maximum atomic E-state index is 11.2. The smallest absolute Gasteiger partial charge is 0.379 e. The Hall–Kier alpha value is -3.03. The number of carboxylic acids is 1. The lowest BCUT2D eigenvalue weighted by Gasteiger charge is -2.08. The number of hydrogen-bond acceptors (Lipinski definition) is 7. The normalized spacial score (nSPS) is 9.62. The zero-order chi connectivity index (χ0) is 16.2. The van der Waals surface area contributed by atoms with E-state index in [9.17, 15) is 24.0 Å². The molecule has 0 radical (unpaired) electrons. The zero-order valence-electron chi connectivity index (χ0n) is 11.0. The van der Waals surface area contributed by atoms with Crippen LogP contribution < -0.4 is 9.47 Å². The van der Waals surface area contributed by atoms with Crippen LogP contribution in [0, 0.1) is 0 Å². The van der Waals surface area contributed by atoms with Gasteiger partial charge in [0.05, 0.1) is 0 Å². The Balaban J connectivity index is 3.14. The van der Waals surface area contributed by atoms with Crippen molar-refractivity contribution in [3.8, 4) is 11.5 Å². The van der Waals surface area contributed by atoms with Gasteiger partial charge in [0.15, 0.2) is 0 Å². The fourth-order valence-electron chi connectivity index (χ4n) is 1.18. The van der Waals surface area contributed by atoms with Crippen molar-refractivity contribution < 1.29 is 38.6 Å². The van der Waals surface area contributed by atoms with Crippen molar-refractivity contribution >= 4 is 29.5 Å². The molecule has 0 aromatic heterocycles. The van der Waals surface area contributed by atoms with E-state index in [0.29, 0.717) is 0 Å². The van der Waals surface area contributed by atoms with Gasteiger partial charge in [-0.25, -0.2) is 14.4 Å². The van der Waals surface area contributed by atoms with Crippen LogP contribution in [0.3, 0.4) is 0 Å². The van der Waals surface area contributed by atoms with Crippen molar-refractivity contribution in [2.24, 2.45) is 0 Å². The highest BCUT2D eigenvalue weighted by molar-refractivity contribution is 6.33. The van der Waals surface area contributed by atoms with Crippen LogP contribution in [-0.4, -0.2) is 34.6 Å². The number of rotatable bonds is 5. The summed E-state index contributed by atoms with van der Waals surface area (Å²) < 4.78 is 9.24. The molecule has 1 aromatic rings. The van der Waals surface area contributed by atoms with E-state index in [-0.39, 0.29) is 5.75 Å². The molecule has 8 nitrogen and oxygen atoms in total. The van der Waals surface area contributed by atoms with Gasteiger partial charge in [-0.15, -0.1) is 0 Å². The first-order valence-electron chi connectivity index (χ1n) is 5.55. The van der Waals surface area contributed by atoms with E-state index in [1.54, 1.807) is 0 Å². The molecule has 0 aliphatic heterocycles. The number of carboxylic acid groups (broad SMARTS) is 1. The Morgan fingerprint density at radius 2 is 1.43 bits per heavy atom. The van der Waals surface area contributed by atoms with Gasteiger partial charge in [-0.1, -0.05) is 0 Å². The van der Waals surface area contributed by atoms with Crippen LogP contribution >= 0.6 is 0 Å². The van der Waals surface area contributed by atoms with Gasteiger partial charge in [0.25, 0.3) is 0 Å². The summed E-state index contributed by atoms with van der Waals surface area (Å²) in [5.74, 6) is -6.32. The van der Waals surface area contributed by atoms with Crippen LogP contribution in [-0.2, 0) is 19.2 Å². The van der Waals surface area contributed by atoms with Crippen LogP contribution in [0.25, 0.3) is 0 Å². The molecular formula is C13H10O8. The maximum absolute atomic E-state index is 11.2. The third kappa shape index (κ3) is 4.23. The molecule has 8 heteroatoms. The van der Waals surface area contributed by atoms with E-state index < -0.39 is 40.8 Å². The lowest BCUT2D eigenvalue weighted by Crippen LogP contribution is -2.19. The van der Waals surface area contributed by atoms with Gasteiger partial charge in [-0.05, 0) is 12.1 Å². The van der Waals surface area contributed by atoms with Gasteiger partial charge in [-0.2, -0.15) is 0 Å². The molecule has 0 bridgehead atoms. The number of hydrogen-bond donors (Lipinski definition) is 1. The molecule has 0 unspecified atom stereocenters. The molecule has 110 valence electrons. The lowest BCUT2D eigenvalue weighted by molar-refractivity contribution is -0.146. The topological polar surface area (TPSA) is 124 Å². The second-order valence-corrected chi connectivity index (χ2v) is 3.85. The van der Waals surface area contributed by atoms with Gasteiger partial charge in [0.2, 0.25) is 11.6 Å². The molecule has 0 saturated carbocycles. The van der Waals surface area contributed by atoms with Crippen molar-refractivity contribution in [3.05, 3.63) is 23.8 Å². The van der Waals surface area contributed by atoms with Gasteiger partial charge in [0.1, 0.15) is 17.1 Å². The van der Waals surface area contributed by atoms with Crippen LogP contribution in [0.5, 0.6) is 11.5 Å². The van der Waals surface area contributed by atoms with E-state index in [1.807, 2.05) is 0 Å².